The van der Waals surface area contributed by atoms with E-state index in [0.29, 0.717) is 32.7 Å². The molecular weight excluding hydrogens is 432 g/mol. The van der Waals surface area contributed by atoms with Gasteiger partial charge in [0.2, 0.25) is 0 Å². The van der Waals surface area contributed by atoms with Gasteiger partial charge in [-0.15, -0.1) is 10.2 Å². The highest BCUT2D eigenvalue weighted by atomic mass is 32.2. The summed E-state index contributed by atoms with van der Waals surface area (Å²) in [6, 6.07) is 4.09. The smallest absolute Gasteiger partial charge is 0.262 e. The lowest BCUT2D eigenvalue weighted by molar-refractivity contribution is 0.188. The Morgan fingerprint density at radius 3 is 1.97 bits per heavy atom. The first-order valence-electron chi connectivity index (χ1n) is 11.1. The maximum atomic E-state index is 12.9. The lowest BCUT2D eigenvalue weighted by atomic mass is 10.3. The summed E-state index contributed by atoms with van der Waals surface area (Å²) in [5, 5.41) is 18.0. The molecule has 2 aliphatic heterocycles. The number of aliphatic hydroxyl groups excluding tert-OH is 1. The largest absolute Gasteiger partial charge is 0.395 e. The first kappa shape index (κ1) is 22.9. The standard InChI is InChI=1S/C20H32N8O3S/c1-17(2)27-15-20(21-16-27)32(30,31)28-11-9-26(10-12-28)19-4-3-18(22-23-19)25-7-5-24(6-8-25)13-14-29/h3-4,15-17,29H,5-14H2,1-2H3. The molecule has 11 nitrogen and oxygen atoms in total. The van der Waals surface area contributed by atoms with E-state index < -0.39 is 10.0 Å². The van der Waals surface area contributed by atoms with Gasteiger partial charge in [-0.3, -0.25) is 4.90 Å². The zero-order valence-electron chi connectivity index (χ0n) is 18.7. The minimum absolute atomic E-state index is 0.0999. The van der Waals surface area contributed by atoms with Crippen molar-refractivity contribution in [2.75, 3.05) is 75.3 Å². The van der Waals surface area contributed by atoms with E-state index in [9.17, 15) is 8.42 Å². The van der Waals surface area contributed by atoms with Gasteiger partial charge < -0.3 is 19.5 Å². The van der Waals surface area contributed by atoms with E-state index in [-0.39, 0.29) is 17.7 Å². The predicted molar refractivity (Wildman–Crippen MR) is 121 cm³/mol. The van der Waals surface area contributed by atoms with Gasteiger partial charge in [-0.05, 0) is 26.0 Å². The second-order valence-electron chi connectivity index (χ2n) is 8.45. The molecule has 4 heterocycles. The van der Waals surface area contributed by atoms with Crippen molar-refractivity contribution >= 4 is 21.7 Å². The third kappa shape index (κ3) is 4.87. The van der Waals surface area contributed by atoms with Crippen LogP contribution in [0.2, 0.25) is 0 Å². The summed E-state index contributed by atoms with van der Waals surface area (Å²) in [5.74, 6) is 1.60. The van der Waals surface area contributed by atoms with Gasteiger partial charge in [-0.25, -0.2) is 13.4 Å². The second-order valence-corrected chi connectivity index (χ2v) is 10.3. The zero-order valence-corrected chi connectivity index (χ0v) is 19.5. The number of hydrogen-bond donors (Lipinski definition) is 1. The molecule has 0 radical (unpaired) electrons. The van der Waals surface area contributed by atoms with Crippen molar-refractivity contribution in [2.45, 2.75) is 24.9 Å². The average Bonchev–Trinajstić information content (AvgIpc) is 3.32. The molecule has 0 aromatic carbocycles. The molecule has 2 saturated heterocycles. The van der Waals surface area contributed by atoms with Crippen molar-refractivity contribution in [3.8, 4) is 0 Å². The van der Waals surface area contributed by atoms with E-state index in [2.05, 4.69) is 29.9 Å². The van der Waals surface area contributed by atoms with Crippen LogP contribution in [0.1, 0.15) is 19.9 Å². The second kappa shape index (κ2) is 9.69. The molecule has 0 bridgehead atoms. The fraction of sp³-hybridized carbons (Fsp3) is 0.650. The lowest BCUT2D eigenvalue weighted by Gasteiger charge is -2.35. The number of rotatable bonds is 7. The van der Waals surface area contributed by atoms with Crippen molar-refractivity contribution in [3.05, 3.63) is 24.7 Å². The highest BCUT2D eigenvalue weighted by molar-refractivity contribution is 7.89. The Morgan fingerprint density at radius 2 is 1.50 bits per heavy atom. The maximum Gasteiger partial charge on any atom is 0.262 e. The monoisotopic (exact) mass is 464 g/mol. The van der Waals surface area contributed by atoms with Gasteiger partial charge >= 0.3 is 0 Å². The van der Waals surface area contributed by atoms with Gasteiger partial charge in [0, 0.05) is 71.1 Å². The Morgan fingerprint density at radius 1 is 0.938 bits per heavy atom. The molecule has 32 heavy (non-hydrogen) atoms. The summed E-state index contributed by atoms with van der Waals surface area (Å²) in [6.45, 7) is 10.3. The highest BCUT2D eigenvalue weighted by Gasteiger charge is 2.31. The van der Waals surface area contributed by atoms with Crippen LogP contribution < -0.4 is 9.80 Å². The van der Waals surface area contributed by atoms with Crippen LogP contribution in [-0.4, -0.2) is 108 Å². The summed E-state index contributed by atoms with van der Waals surface area (Å²) in [5.41, 5.74) is 0. The Kier molecular flexibility index (Phi) is 6.93. The van der Waals surface area contributed by atoms with Crippen LogP contribution in [0.4, 0.5) is 11.6 Å². The van der Waals surface area contributed by atoms with Crippen LogP contribution in [0.5, 0.6) is 0 Å². The lowest BCUT2D eigenvalue weighted by Crippen LogP contribution is -2.49. The molecule has 176 valence electrons. The number of anilines is 2. The first-order valence-corrected chi connectivity index (χ1v) is 12.5. The van der Waals surface area contributed by atoms with Crippen LogP contribution in [-0.2, 0) is 10.0 Å². The molecule has 0 spiro atoms. The topological polar surface area (TPSA) is 111 Å². The van der Waals surface area contributed by atoms with Gasteiger partial charge in [0.15, 0.2) is 16.7 Å². The first-order chi connectivity index (χ1) is 15.4. The van der Waals surface area contributed by atoms with Crippen molar-refractivity contribution in [1.29, 1.82) is 0 Å². The molecule has 2 aromatic rings. The molecule has 2 aromatic heterocycles. The zero-order chi connectivity index (χ0) is 22.7. The van der Waals surface area contributed by atoms with Gasteiger partial charge in [0.1, 0.15) is 0 Å². The highest BCUT2D eigenvalue weighted by Crippen LogP contribution is 2.21. The minimum atomic E-state index is -3.60. The Bertz CT molecular complexity index is 979. The third-order valence-electron chi connectivity index (χ3n) is 6.09. The summed E-state index contributed by atoms with van der Waals surface area (Å²) in [6.07, 6.45) is 3.16. The van der Waals surface area contributed by atoms with Crippen molar-refractivity contribution in [2.24, 2.45) is 0 Å². The number of aromatic nitrogens is 4. The number of nitrogens with zero attached hydrogens (tertiary/aromatic N) is 8. The number of sulfonamides is 1. The Balaban J connectivity index is 1.33. The van der Waals surface area contributed by atoms with Crippen LogP contribution in [0, 0.1) is 0 Å². The predicted octanol–water partition coefficient (Wildman–Crippen LogP) is -0.121. The molecule has 0 aliphatic carbocycles. The van der Waals surface area contributed by atoms with E-state index in [0.717, 1.165) is 37.8 Å². The summed E-state index contributed by atoms with van der Waals surface area (Å²) < 4.78 is 29.2. The van der Waals surface area contributed by atoms with E-state index in [4.69, 9.17) is 5.11 Å². The van der Waals surface area contributed by atoms with Gasteiger partial charge in [0.25, 0.3) is 10.0 Å². The molecule has 1 N–H and O–H groups in total. The number of aliphatic hydroxyl groups is 1. The normalized spacial score (nSPS) is 19.1. The van der Waals surface area contributed by atoms with E-state index in [1.54, 1.807) is 17.1 Å². The van der Waals surface area contributed by atoms with Crippen LogP contribution in [0.15, 0.2) is 29.7 Å². The molecule has 0 amide bonds. The van der Waals surface area contributed by atoms with Crippen molar-refractivity contribution < 1.29 is 13.5 Å². The van der Waals surface area contributed by atoms with Gasteiger partial charge in [0.05, 0.1) is 12.9 Å². The molecule has 12 heteroatoms. The fourth-order valence-corrected chi connectivity index (χ4v) is 5.36. The van der Waals surface area contributed by atoms with Crippen molar-refractivity contribution in [1.82, 2.24) is 29.0 Å². The molecule has 2 fully saturated rings. The minimum Gasteiger partial charge on any atom is -0.395 e. The molecular formula is C20H32N8O3S. The van der Waals surface area contributed by atoms with Crippen LogP contribution in [0.3, 0.4) is 0 Å². The quantitative estimate of drug-likeness (QED) is 0.599. The fourth-order valence-electron chi connectivity index (χ4n) is 4.02. The van der Waals surface area contributed by atoms with Crippen molar-refractivity contribution in [3.63, 3.8) is 0 Å². The van der Waals surface area contributed by atoms with Crippen LogP contribution in [0.25, 0.3) is 0 Å². The van der Waals surface area contributed by atoms with Crippen LogP contribution >= 0.6 is 0 Å². The molecule has 2 aliphatic rings. The molecule has 0 unspecified atom stereocenters. The Hall–Kier alpha value is -2.28. The maximum absolute atomic E-state index is 12.9. The molecule has 4 rings (SSSR count). The number of piperazine rings is 2. The van der Waals surface area contributed by atoms with Gasteiger partial charge in [-0.1, -0.05) is 0 Å². The number of β-amino-alcohol motifs (C(OH)–C–C–N with tert-alkyl or cyclic N) is 1. The van der Waals surface area contributed by atoms with E-state index >= 15 is 0 Å². The summed E-state index contributed by atoms with van der Waals surface area (Å²) >= 11 is 0. The summed E-state index contributed by atoms with van der Waals surface area (Å²) in [4.78, 5) is 10.6. The number of hydrogen-bond acceptors (Lipinski definition) is 9. The average molecular weight is 465 g/mol. The molecule has 0 atom stereocenters. The van der Waals surface area contributed by atoms with Gasteiger partial charge in [-0.2, -0.15) is 4.31 Å². The SMILES string of the molecule is CC(C)n1cnc(S(=O)(=O)N2CCN(c3ccc(N4CCN(CCO)CC4)nn3)CC2)c1. The third-order valence-corrected chi connectivity index (χ3v) is 7.87. The molecule has 0 saturated carbocycles. The Labute approximate surface area is 189 Å². The van der Waals surface area contributed by atoms with E-state index in [1.165, 1.54) is 4.31 Å². The number of imidazole rings is 1. The van der Waals surface area contributed by atoms with E-state index in [1.807, 2.05) is 26.0 Å². The summed E-state index contributed by atoms with van der Waals surface area (Å²) in [7, 11) is -3.60.